The van der Waals surface area contributed by atoms with Crippen LogP contribution in [0, 0.1) is 11.8 Å². The standard InChI is InChI=1S/C12H17ClN2/c1-8(2)9-6-15(7-9)12-5-10(13)3-4-11(12)14/h3-5,8-9H,6-7,14H2,1-2H3. The number of nitrogens with two attached hydrogens (primary N) is 1. The summed E-state index contributed by atoms with van der Waals surface area (Å²) in [6, 6.07) is 5.66. The summed E-state index contributed by atoms with van der Waals surface area (Å²) in [6.07, 6.45) is 0. The number of nitrogen functional groups attached to an aromatic ring is 1. The maximum atomic E-state index is 5.96. The largest absolute Gasteiger partial charge is 0.397 e. The second kappa shape index (κ2) is 3.93. The van der Waals surface area contributed by atoms with E-state index in [0.717, 1.165) is 41.3 Å². The van der Waals surface area contributed by atoms with Crippen molar-refractivity contribution in [3.05, 3.63) is 23.2 Å². The Morgan fingerprint density at radius 2 is 2.07 bits per heavy atom. The third kappa shape index (κ3) is 2.05. The molecule has 2 N–H and O–H groups in total. The van der Waals surface area contributed by atoms with Crippen molar-refractivity contribution in [2.45, 2.75) is 13.8 Å². The fourth-order valence-corrected chi connectivity index (χ4v) is 2.09. The summed E-state index contributed by atoms with van der Waals surface area (Å²) in [5, 5.41) is 0.757. The lowest BCUT2D eigenvalue weighted by Gasteiger charge is -2.43. The molecule has 0 bridgehead atoms. The molecule has 1 aromatic carbocycles. The Morgan fingerprint density at radius 3 is 2.67 bits per heavy atom. The second-order valence-corrected chi connectivity index (χ2v) is 5.05. The summed E-state index contributed by atoms with van der Waals surface area (Å²) < 4.78 is 0. The van der Waals surface area contributed by atoms with Crippen LogP contribution < -0.4 is 10.6 Å². The van der Waals surface area contributed by atoms with E-state index in [0.29, 0.717) is 0 Å². The van der Waals surface area contributed by atoms with Crippen LogP contribution in [0.25, 0.3) is 0 Å². The van der Waals surface area contributed by atoms with Crippen molar-refractivity contribution in [2.75, 3.05) is 23.7 Å². The van der Waals surface area contributed by atoms with Crippen LogP contribution in [0.5, 0.6) is 0 Å². The zero-order valence-corrected chi connectivity index (χ0v) is 9.96. The van der Waals surface area contributed by atoms with Crippen molar-refractivity contribution in [1.82, 2.24) is 0 Å². The first kappa shape index (κ1) is 10.6. The molecule has 15 heavy (non-hydrogen) atoms. The quantitative estimate of drug-likeness (QED) is 0.783. The first-order valence-corrected chi connectivity index (χ1v) is 5.75. The summed E-state index contributed by atoms with van der Waals surface area (Å²) in [4.78, 5) is 2.30. The molecule has 0 atom stereocenters. The second-order valence-electron chi connectivity index (χ2n) is 4.61. The normalized spacial score (nSPS) is 16.9. The summed E-state index contributed by atoms with van der Waals surface area (Å²) in [5.41, 5.74) is 7.82. The van der Waals surface area contributed by atoms with Gasteiger partial charge in [-0.1, -0.05) is 25.4 Å². The molecule has 1 fully saturated rings. The molecule has 1 aliphatic heterocycles. The summed E-state index contributed by atoms with van der Waals surface area (Å²) in [7, 11) is 0. The predicted octanol–water partition coefficient (Wildman–Crippen LogP) is 3.01. The Kier molecular flexibility index (Phi) is 2.79. The van der Waals surface area contributed by atoms with E-state index in [-0.39, 0.29) is 0 Å². The number of rotatable bonds is 2. The number of anilines is 2. The first-order valence-electron chi connectivity index (χ1n) is 5.38. The van der Waals surface area contributed by atoms with Gasteiger partial charge in [-0.2, -0.15) is 0 Å². The molecule has 0 spiro atoms. The fraction of sp³-hybridized carbons (Fsp3) is 0.500. The number of nitrogens with zero attached hydrogens (tertiary/aromatic N) is 1. The van der Waals surface area contributed by atoms with Crippen LogP contribution >= 0.6 is 11.6 Å². The van der Waals surface area contributed by atoms with Crippen LogP contribution in [0.3, 0.4) is 0 Å². The zero-order chi connectivity index (χ0) is 11.0. The van der Waals surface area contributed by atoms with E-state index in [2.05, 4.69) is 18.7 Å². The van der Waals surface area contributed by atoms with Crippen LogP contribution in [0.1, 0.15) is 13.8 Å². The summed E-state index contributed by atoms with van der Waals surface area (Å²) in [6.45, 7) is 6.73. The van der Waals surface area contributed by atoms with Gasteiger partial charge in [0.1, 0.15) is 0 Å². The molecule has 2 nitrogen and oxygen atoms in total. The van der Waals surface area contributed by atoms with Crippen molar-refractivity contribution in [3.63, 3.8) is 0 Å². The van der Waals surface area contributed by atoms with Gasteiger partial charge in [0.2, 0.25) is 0 Å². The van der Waals surface area contributed by atoms with Crippen molar-refractivity contribution in [1.29, 1.82) is 0 Å². The van der Waals surface area contributed by atoms with Gasteiger partial charge in [0.15, 0.2) is 0 Å². The van der Waals surface area contributed by atoms with Gasteiger partial charge in [0, 0.05) is 18.1 Å². The first-order chi connectivity index (χ1) is 7.08. The monoisotopic (exact) mass is 224 g/mol. The smallest absolute Gasteiger partial charge is 0.0615 e. The van der Waals surface area contributed by atoms with E-state index in [9.17, 15) is 0 Å². The van der Waals surface area contributed by atoms with Gasteiger partial charge < -0.3 is 10.6 Å². The molecule has 2 rings (SSSR count). The van der Waals surface area contributed by atoms with Gasteiger partial charge in [0.05, 0.1) is 11.4 Å². The minimum absolute atomic E-state index is 0.752. The van der Waals surface area contributed by atoms with E-state index < -0.39 is 0 Å². The van der Waals surface area contributed by atoms with E-state index in [4.69, 9.17) is 17.3 Å². The number of hydrogen-bond acceptors (Lipinski definition) is 2. The maximum absolute atomic E-state index is 5.96. The Morgan fingerprint density at radius 1 is 1.40 bits per heavy atom. The van der Waals surface area contributed by atoms with E-state index in [1.54, 1.807) is 0 Å². The van der Waals surface area contributed by atoms with Crippen LogP contribution in [-0.2, 0) is 0 Å². The van der Waals surface area contributed by atoms with Gasteiger partial charge in [0.25, 0.3) is 0 Å². The van der Waals surface area contributed by atoms with Crippen molar-refractivity contribution in [2.24, 2.45) is 11.8 Å². The minimum atomic E-state index is 0.752. The molecule has 82 valence electrons. The van der Waals surface area contributed by atoms with Crippen LogP contribution in [0.2, 0.25) is 5.02 Å². The molecule has 0 aliphatic carbocycles. The highest BCUT2D eigenvalue weighted by atomic mass is 35.5. The van der Waals surface area contributed by atoms with Gasteiger partial charge >= 0.3 is 0 Å². The van der Waals surface area contributed by atoms with E-state index in [1.165, 1.54) is 0 Å². The highest BCUT2D eigenvalue weighted by molar-refractivity contribution is 6.31. The lowest BCUT2D eigenvalue weighted by atomic mass is 9.88. The van der Waals surface area contributed by atoms with Gasteiger partial charge in [-0.15, -0.1) is 0 Å². The summed E-state index contributed by atoms with van der Waals surface area (Å²) >= 11 is 5.96. The van der Waals surface area contributed by atoms with Gasteiger partial charge in [-0.3, -0.25) is 0 Å². The molecule has 3 heteroatoms. The lowest BCUT2D eigenvalue weighted by molar-refractivity contribution is 0.310. The number of benzene rings is 1. The Labute approximate surface area is 96.0 Å². The topological polar surface area (TPSA) is 29.3 Å². The molecule has 1 heterocycles. The molecular formula is C12H17ClN2. The third-order valence-electron chi connectivity index (χ3n) is 3.19. The molecule has 0 saturated carbocycles. The molecule has 1 saturated heterocycles. The average Bonchev–Trinajstić information content (AvgIpc) is 2.08. The van der Waals surface area contributed by atoms with E-state index >= 15 is 0 Å². The molecule has 0 unspecified atom stereocenters. The number of hydrogen-bond donors (Lipinski definition) is 1. The highest BCUT2D eigenvalue weighted by Crippen LogP contribution is 2.34. The van der Waals surface area contributed by atoms with Crippen molar-refractivity contribution >= 4 is 23.0 Å². The Hall–Kier alpha value is -0.890. The lowest BCUT2D eigenvalue weighted by Crippen LogP contribution is -2.49. The van der Waals surface area contributed by atoms with Crippen molar-refractivity contribution in [3.8, 4) is 0 Å². The average molecular weight is 225 g/mol. The SMILES string of the molecule is CC(C)C1CN(c2cc(Cl)ccc2N)C1. The minimum Gasteiger partial charge on any atom is -0.397 e. The van der Waals surface area contributed by atoms with Crippen LogP contribution in [0.4, 0.5) is 11.4 Å². The third-order valence-corrected chi connectivity index (χ3v) is 3.42. The van der Waals surface area contributed by atoms with Crippen LogP contribution in [0.15, 0.2) is 18.2 Å². The van der Waals surface area contributed by atoms with Crippen molar-refractivity contribution < 1.29 is 0 Å². The molecule has 0 amide bonds. The Balaban J connectivity index is 2.09. The maximum Gasteiger partial charge on any atom is 0.0615 e. The molecule has 1 aliphatic rings. The molecule has 1 aromatic rings. The number of halogens is 1. The fourth-order valence-electron chi connectivity index (χ4n) is 1.92. The predicted molar refractivity (Wildman–Crippen MR) is 66.4 cm³/mol. The highest BCUT2D eigenvalue weighted by Gasteiger charge is 2.30. The Bertz CT molecular complexity index is 357. The van der Waals surface area contributed by atoms with E-state index in [1.807, 2.05) is 18.2 Å². The van der Waals surface area contributed by atoms with Gasteiger partial charge in [-0.05, 0) is 30.0 Å². The molecular weight excluding hydrogens is 208 g/mol. The summed E-state index contributed by atoms with van der Waals surface area (Å²) in [5.74, 6) is 1.55. The molecule has 0 radical (unpaired) electrons. The van der Waals surface area contributed by atoms with Crippen LogP contribution in [-0.4, -0.2) is 13.1 Å². The zero-order valence-electron chi connectivity index (χ0n) is 9.20. The van der Waals surface area contributed by atoms with Gasteiger partial charge in [-0.25, -0.2) is 0 Å². The molecule has 0 aromatic heterocycles.